The molecule has 1 aliphatic rings. The molecular formula is C12H22N2O4. The first-order chi connectivity index (χ1) is 8.67. The molecule has 2 amide bonds. The molecular weight excluding hydrogens is 236 g/mol. The Bertz CT molecular complexity index is 277. The quantitative estimate of drug-likeness (QED) is 0.763. The number of rotatable bonds is 6. The fourth-order valence-electron chi connectivity index (χ4n) is 1.79. The van der Waals surface area contributed by atoms with Gasteiger partial charge in [-0.3, -0.25) is 9.69 Å². The van der Waals surface area contributed by atoms with Crippen LogP contribution in [0.5, 0.6) is 0 Å². The highest BCUT2D eigenvalue weighted by molar-refractivity contribution is 5.81. The zero-order chi connectivity index (χ0) is 13.4. The average Bonchev–Trinajstić information content (AvgIpc) is 2.88. The van der Waals surface area contributed by atoms with Gasteiger partial charge in [0.1, 0.15) is 13.2 Å². The fourth-order valence-corrected chi connectivity index (χ4v) is 1.79. The highest BCUT2D eigenvalue weighted by Crippen LogP contribution is 2.12. The zero-order valence-corrected chi connectivity index (χ0v) is 11.1. The second-order valence-corrected chi connectivity index (χ2v) is 4.31. The van der Waals surface area contributed by atoms with Gasteiger partial charge in [-0.2, -0.15) is 0 Å². The highest BCUT2D eigenvalue weighted by Gasteiger charge is 2.21. The molecule has 0 aliphatic carbocycles. The van der Waals surface area contributed by atoms with E-state index in [1.54, 1.807) is 7.05 Å². The lowest BCUT2D eigenvalue weighted by Gasteiger charge is -2.21. The van der Waals surface area contributed by atoms with Gasteiger partial charge in [0.05, 0.1) is 6.10 Å². The minimum atomic E-state index is -0.448. The van der Waals surface area contributed by atoms with E-state index in [4.69, 9.17) is 9.47 Å². The second kappa shape index (κ2) is 7.92. The molecule has 6 nitrogen and oxygen atoms in total. The maximum Gasteiger partial charge on any atom is 0.410 e. The minimum Gasteiger partial charge on any atom is -0.447 e. The summed E-state index contributed by atoms with van der Waals surface area (Å²) < 4.78 is 10.5. The number of carbonyl (C=O) groups excluding carboxylic acids is 2. The first-order valence-electron chi connectivity index (χ1n) is 6.41. The van der Waals surface area contributed by atoms with E-state index in [0.29, 0.717) is 6.54 Å². The molecule has 0 saturated carbocycles. The Morgan fingerprint density at radius 1 is 1.50 bits per heavy atom. The van der Waals surface area contributed by atoms with Gasteiger partial charge in [-0.1, -0.05) is 6.92 Å². The van der Waals surface area contributed by atoms with E-state index in [1.807, 2.05) is 6.92 Å². The molecule has 1 fully saturated rings. The van der Waals surface area contributed by atoms with Crippen molar-refractivity contribution in [2.45, 2.75) is 32.3 Å². The molecule has 0 aromatic carbocycles. The molecule has 6 heteroatoms. The van der Waals surface area contributed by atoms with Gasteiger partial charge in [0.2, 0.25) is 5.91 Å². The van der Waals surface area contributed by atoms with Gasteiger partial charge < -0.3 is 14.8 Å². The Kier molecular flexibility index (Phi) is 6.49. The lowest BCUT2D eigenvalue weighted by atomic mass is 10.2. The summed E-state index contributed by atoms with van der Waals surface area (Å²) in [5.41, 5.74) is 0. The van der Waals surface area contributed by atoms with E-state index in [1.165, 1.54) is 4.90 Å². The number of likely N-dealkylation sites (N-methyl/N-ethyl adjacent to an activating group) is 1. The van der Waals surface area contributed by atoms with Gasteiger partial charge in [0.15, 0.2) is 0 Å². The molecule has 0 bridgehead atoms. The Morgan fingerprint density at radius 2 is 2.28 bits per heavy atom. The van der Waals surface area contributed by atoms with Crippen molar-refractivity contribution in [1.82, 2.24) is 10.2 Å². The largest absolute Gasteiger partial charge is 0.447 e. The topological polar surface area (TPSA) is 67.9 Å². The molecule has 104 valence electrons. The summed E-state index contributed by atoms with van der Waals surface area (Å²) in [5.74, 6) is -0.197. The number of hydrogen-bond acceptors (Lipinski definition) is 4. The SMILES string of the molecule is CCCN(CC(=O)NC)C(=O)OCC1CCCO1. The van der Waals surface area contributed by atoms with Crippen molar-refractivity contribution in [2.75, 3.05) is 33.4 Å². The van der Waals surface area contributed by atoms with Crippen molar-refractivity contribution in [3.8, 4) is 0 Å². The third kappa shape index (κ3) is 4.91. The third-order valence-electron chi connectivity index (χ3n) is 2.78. The van der Waals surface area contributed by atoms with Gasteiger partial charge in [0, 0.05) is 20.2 Å². The summed E-state index contributed by atoms with van der Waals surface area (Å²) >= 11 is 0. The van der Waals surface area contributed by atoms with E-state index in [0.717, 1.165) is 25.9 Å². The Morgan fingerprint density at radius 3 is 2.83 bits per heavy atom. The molecule has 0 aromatic rings. The maximum absolute atomic E-state index is 11.8. The summed E-state index contributed by atoms with van der Waals surface area (Å²) in [7, 11) is 1.55. The molecule has 0 spiro atoms. The standard InChI is InChI=1S/C12H22N2O4/c1-3-6-14(8-11(15)13-2)12(16)18-9-10-5-4-7-17-10/h10H,3-9H2,1-2H3,(H,13,15). The van der Waals surface area contributed by atoms with Crippen LogP contribution >= 0.6 is 0 Å². The Balaban J connectivity index is 2.35. The van der Waals surface area contributed by atoms with E-state index >= 15 is 0 Å². The summed E-state index contributed by atoms with van der Waals surface area (Å²) in [6.45, 7) is 3.50. The number of nitrogens with one attached hydrogen (secondary N) is 1. The molecule has 0 aromatic heterocycles. The monoisotopic (exact) mass is 258 g/mol. The number of ether oxygens (including phenoxy) is 2. The van der Waals surface area contributed by atoms with Gasteiger partial charge >= 0.3 is 6.09 Å². The second-order valence-electron chi connectivity index (χ2n) is 4.31. The average molecular weight is 258 g/mol. The van der Waals surface area contributed by atoms with Crippen LogP contribution in [0, 0.1) is 0 Å². The molecule has 1 heterocycles. The van der Waals surface area contributed by atoms with E-state index in [2.05, 4.69) is 5.32 Å². The van der Waals surface area contributed by atoms with Crippen LogP contribution in [0.1, 0.15) is 26.2 Å². The van der Waals surface area contributed by atoms with Gasteiger partial charge in [-0.05, 0) is 19.3 Å². The van der Waals surface area contributed by atoms with Crippen molar-refractivity contribution in [3.63, 3.8) is 0 Å². The lowest BCUT2D eigenvalue weighted by molar-refractivity contribution is -0.121. The van der Waals surface area contributed by atoms with Crippen LogP contribution in [0.25, 0.3) is 0 Å². The molecule has 0 radical (unpaired) electrons. The van der Waals surface area contributed by atoms with Crippen molar-refractivity contribution < 1.29 is 19.1 Å². The number of hydrogen-bond donors (Lipinski definition) is 1. The van der Waals surface area contributed by atoms with Crippen molar-refractivity contribution in [2.24, 2.45) is 0 Å². The van der Waals surface area contributed by atoms with Crippen LogP contribution in [0.4, 0.5) is 4.79 Å². The maximum atomic E-state index is 11.8. The zero-order valence-electron chi connectivity index (χ0n) is 11.1. The Labute approximate surface area is 108 Å². The van der Waals surface area contributed by atoms with E-state index in [9.17, 15) is 9.59 Å². The van der Waals surface area contributed by atoms with Gasteiger partial charge in [-0.25, -0.2) is 4.79 Å². The normalized spacial score (nSPS) is 18.4. The van der Waals surface area contributed by atoms with Crippen LogP contribution in [0.3, 0.4) is 0 Å². The van der Waals surface area contributed by atoms with Crippen LogP contribution in [-0.2, 0) is 14.3 Å². The summed E-state index contributed by atoms with van der Waals surface area (Å²) in [6, 6.07) is 0. The summed E-state index contributed by atoms with van der Waals surface area (Å²) in [4.78, 5) is 24.5. The Hall–Kier alpha value is -1.30. The highest BCUT2D eigenvalue weighted by atomic mass is 16.6. The van der Waals surface area contributed by atoms with Crippen molar-refractivity contribution >= 4 is 12.0 Å². The van der Waals surface area contributed by atoms with Crippen LogP contribution in [0.15, 0.2) is 0 Å². The molecule has 1 atom stereocenters. The van der Waals surface area contributed by atoms with Gasteiger partial charge in [0.25, 0.3) is 0 Å². The molecule has 1 aliphatic heterocycles. The predicted octanol–water partition coefficient (Wildman–Crippen LogP) is 0.760. The number of amides is 2. The van der Waals surface area contributed by atoms with Crippen LogP contribution in [-0.4, -0.2) is 56.4 Å². The first kappa shape index (κ1) is 14.8. The molecule has 1 N–H and O–H groups in total. The molecule has 1 unspecified atom stereocenters. The van der Waals surface area contributed by atoms with Crippen LogP contribution < -0.4 is 5.32 Å². The van der Waals surface area contributed by atoms with E-state index < -0.39 is 6.09 Å². The molecule has 1 saturated heterocycles. The van der Waals surface area contributed by atoms with E-state index in [-0.39, 0.29) is 25.2 Å². The summed E-state index contributed by atoms with van der Waals surface area (Å²) in [5, 5.41) is 2.49. The predicted molar refractivity (Wildman–Crippen MR) is 66.3 cm³/mol. The fraction of sp³-hybridized carbons (Fsp3) is 0.833. The first-order valence-corrected chi connectivity index (χ1v) is 6.41. The molecule has 1 rings (SSSR count). The van der Waals surface area contributed by atoms with Crippen LogP contribution in [0.2, 0.25) is 0 Å². The van der Waals surface area contributed by atoms with Crippen molar-refractivity contribution in [3.05, 3.63) is 0 Å². The number of nitrogens with zero attached hydrogens (tertiary/aromatic N) is 1. The lowest BCUT2D eigenvalue weighted by Crippen LogP contribution is -2.41. The smallest absolute Gasteiger partial charge is 0.410 e. The molecule has 18 heavy (non-hydrogen) atoms. The summed E-state index contributed by atoms with van der Waals surface area (Å²) in [6.07, 6.45) is 2.29. The van der Waals surface area contributed by atoms with Crippen molar-refractivity contribution in [1.29, 1.82) is 0 Å². The van der Waals surface area contributed by atoms with Gasteiger partial charge in [-0.15, -0.1) is 0 Å². The number of carbonyl (C=O) groups is 2. The third-order valence-corrected chi connectivity index (χ3v) is 2.78. The minimum absolute atomic E-state index is 0.0115.